The first-order valence-electron chi connectivity index (χ1n) is 9.62. The van der Waals surface area contributed by atoms with Gasteiger partial charge in [0.15, 0.2) is 5.13 Å². The van der Waals surface area contributed by atoms with Crippen molar-refractivity contribution in [2.45, 2.75) is 31.7 Å². The number of carboxylic acid groups (broad SMARTS) is 1. The van der Waals surface area contributed by atoms with Crippen LogP contribution < -0.4 is 16.4 Å². The molecule has 2 aromatic heterocycles. The normalized spacial score (nSPS) is 13.4. The predicted molar refractivity (Wildman–Crippen MR) is 113 cm³/mol. The van der Waals surface area contributed by atoms with E-state index in [2.05, 4.69) is 20.6 Å². The molecular formula is C20H21N5O4S. The van der Waals surface area contributed by atoms with Gasteiger partial charge in [0, 0.05) is 27.9 Å². The van der Waals surface area contributed by atoms with Gasteiger partial charge in [-0.25, -0.2) is 9.78 Å². The first kappa shape index (κ1) is 20.0. The van der Waals surface area contributed by atoms with Crippen molar-refractivity contribution in [3.63, 3.8) is 0 Å². The summed E-state index contributed by atoms with van der Waals surface area (Å²) < 4.78 is 0. The van der Waals surface area contributed by atoms with Crippen LogP contribution in [0, 0.1) is 0 Å². The number of H-pyrrole nitrogens is 1. The zero-order valence-electron chi connectivity index (χ0n) is 16.0. The van der Waals surface area contributed by atoms with Crippen molar-refractivity contribution in [2.24, 2.45) is 5.73 Å². The van der Waals surface area contributed by atoms with Crippen molar-refractivity contribution < 1.29 is 19.5 Å². The highest BCUT2D eigenvalue weighted by Crippen LogP contribution is 2.26. The second-order valence-electron chi connectivity index (χ2n) is 7.18. The maximum Gasteiger partial charge on any atom is 0.352 e. The summed E-state index contributed by atoms with van der Waals surface area (Å²) in [6.07, 6.45) is 3.10. The van der Waals surface area contributed by atoms with Crippen LogP contribution in [0.5, 0.6) is 0 Å². The van der Waals surface area contributed by atoms with Crippen molar-refractivity contribution in [1.29, 1.82) is 0 Å². The summed E-state index contributed by atoms with van der Waals surface area (Å²) in [5.74, 6) is -1.68. The fourth-order valence-electron chi connectivity index (χ4n) is 3.20. The van der Waals surface area contributed by atoms with E-state index in [1.54, 1.807) is 23.6 Å². The Balaban J connectivity index is 1.55. The highest BCUT2D eigenvalue weighted by atomic mass is 32.1. The van der Waals surface area contributed by atoms with E-state index >= 15 is 0 Å². The van der Waals surface area contributed by atoms with Gasteiger partial charge < -0.3 is 21.1 Å². The lowest BCUT2D eigenvalue weighted by molar-refractivity contribution is 0.0689. The SMILES string of the molecule is NCCCc1c(C(=O)O)[nH]c2ccc(C(=O)Nc3nc(C(=O)NC4CC4)cs3)cc12. The summed E-state index contributed by atoms with van der Waals surface area (Å²) in [5.41, 5.74) is 7.61. The molecule has 1 aromatic carbocycles. The van der Waals surface area contributed by atoms with Crippen molar-refractivity contribution in [3.8, 4) is 0 Å². The number of aryl methyl sites for hydroxylation is 1. The number of amides is 2. The number of aromatic carboxylic acids is 1. The van der Waals surface area contributed by atoms with Gasteiger partial charge in [-0.3, -0.25) is 14.9 Å². The topological polar surface area (TPSA) is 150 Å². The lowest BCUT2D eigenvalue weighted by Crippen LogP contribution is -2.25. The van der Waals surface area contributed by atoms with Crippen molar-refractivity contribution in [1.82, 2.24) is 15.3 Å². The number of benzene rings is 1. The Hall–Kier alpha value is -3.24. The summed E-state index contributed by atoms with van der Waals surface area (Å²) in [6, 6.07) is 5.18. The van der Waals surface area contributed by atoms with E-state index in [0.717, 1.165) is 12.8 Å². The molecule has 0 spiro atoms. The lowest BCUT2D eigenvalue weighted by atomic mass is 10.0. The molecule has 1 saturated carbocycles. The summed E-state index contributed by atoms with van der Waals surface area (Å²) in [5, 5.41) is 17.6. The Morgan fingerprint density at radius 2 is 2.07 bits per heavy atom. The highest BCUT2D eigenvalue weighted by molar-refractivity contribution is 7.14. The number of nitrogens with one attached hydrogen (secondary N) is 3. The Bertz CT molecular complexity index is 1130. The van der Waals surface area contributed by atoms with Gasteiger partial charge in [-0.15, -0.1) is 11.3 Å². The smallest absolute Gasteiger partial charge is 0.352 e. The van der Waals surface area contributed by atoms with E-state index in [1.807, 2.05) is 0 Å². The summed E-state index contributed by atoms with van der Waals surface area (Å²) >= 11 is 1.17. The van der Waals surface area contributed by atoms with Crippen LogP contribution >= 0.6 is 11.3 Å². The molecule has 0 unspecified atom stereocenters. The Kier molecular flexibility index (Phi) is 5.51. The third kappa shape index (κ3) is 4.19. The third-order valence-electron chi connectivity index (χ3n) is 4.88. The quantitative estimate of drug-likeness (QED) is 0.372. The maximum absolute atomic E-state index is 12.7. The van der Waals surface area contributed by atoms with Crippen LogP contribution in [0.4, 0.5) is 5.13 Å². The predicted octanol–water partition coefficient (Wildman–Crippen LogP) is 2.36. The zero-order valence-corrected chi connectivity index (χ0v) is 16.8. The number of rotatable bonds is 8. The van der Waals surface area contributed by atoms with Gasteiger partial charge in [0.05, 0.1) is 0 Å². The number of carboxylic acids is 1. The number of fused-ring (bicyclic) bond motifs is 1. The van der Waals surface area contributed by atoms with E-state index in [4.69, 9.17) is 5.73 Å². The molecule has 4 rings (SSSR count). The number of hydrogen-bond acceptors (Lipinski definition) is 6. The van der Waals surface area contributed by atoms with Crippen molar-refractivity contribution in [3.05, 3.63) is 46.1 Å². The Morgan fingerprint density at radius 3 is 2.77 bits per heavy atom. The zero-order chi connectivity index (χ0) is 21.3. The fraction of sp³-hybridized carbons (Fsp3) is 0.300. The van der Waals surface area contributed by atoms with Gasteiger partial charge in [-0.05, 0) is 56.0 Å². The minimum absolute atomic E-state index is 0.113. The molecule has 0 radical (unpaired) electrons. The molecule has 9 nitrogen and oxygen atoms in total. The fourth-order valence-corrected chi connectivity index (χ4v) is 3.89. The van der Waals surface area contributed by atoms with E-state index < -0.39 is 5.97 Å². The molecule has 0 saturated heterocycles. The lowest BCUT2D eigenvalue weighted by Gasteiger charge is -2.04. The minimum Gasteiger partial charge on any atom is -0.477 e. The maximum atomic E-state index is 12.7. The van der Waals surface area contributed by atoms with Crippen LogP contribution in [0.1, 0.15) is 56.2 Å². The van der Waals surface area contributed by atoms with Crippen LogP contribution in [-0.2, 0) is 6.42 Å². The van der Waals surface area contributed by atoms with E-state index in [9.17, 15) is 19.5 Å². The van der Waals surface area contributed by atoms with Gasteiger partial charge >= 0.3 is 5.97 Å². The molecular weight excluding hydrogens is 406 g/mol. The molecule has 30 heavy (non-hydrogen) atoms. The number of aromatic amines is 1. The molecule has 0 aliphatic heterocycles. The van der Waals surface area contributed by atoms with Crippen LogP contribution in [0.15, 0.2) is 23.6 Å². The van der Waals surface area contributed by atoms with E-state index in [1.165, 1.54) is 11.3 Å². The number of hydrogen-bond donors (Lipinski definition) is 5. The van der Waals surface area contributed by atoms with Crippen molar-refractivity contribution in [2.75, 3.05) is 11.9 Å². The van der Waals surface area contributed by atoms with E-state index in [-0.39, 0.29) is 29.2 Å². The number of carbonyl (C=O) groups is 3. The Labute approximate surface area is 175 Å². The van der Waals surface area contributed by atoms with Crippen LogP contribution in [0.2, 0.25) is 0 Å². The summed E-state index contributed by atoms with van der Waals surface area (Å²) in [6.45, 7) is 0.437. The van der Waals surface area contributed by atoms with Gasteiger partial charge in [0.1, 0.15) is 11.4 Å². The van der Waals surface area contributed by atoms with Gasteiger partial charge in [-0.1, -0.05) is 0 Å². The average Bonchev–Trinajstić information content (AvgIpc) is 3.28. The second kappa shape index (κ2) is 8.25. The summed E-state index contributed by atoms with van der Waals surface area (Å²) in [7, 11) is 0. The number of aromatic nitrogens is 2. The summed E-state index contributed by atoms with van der Waals surface area (Å²) in [4.78, 5) is 43.4. The standard InChI is InChI=1S/C20H21N5O4S/c21-7-1-2-12-13-8-10(3-6-14(13)23-16(12)19(28)29)17(26)25-20-24-15(9-30-20)18(27)22-11-4-5-11/h3,6,8-9,11,23H,1-2,4-5,7,21H2,(H,22,27)(H,28,29)(H,24,25,26). The molecule has 2 amide bonds. The minimum atomic E-state index is -1.05. The first-order chi connectivity index (χ1) is 14.5. The molecule has 6 N–H and O–H groups in total. The monoisotopic (exact) mass is 427 g/mol. The van der Waals surface area contributed by atoms with Gasteiger partial charge in [0.2, 0.25) is 0 Å². The number of nitrogens with two attached hydrogens (primary N) is 1. The van der Waals surface area contributed by atoms with Crippen LogP contribution in [0.25, 0.3) is 10.9 Å². The highest BCUT2D eigenvalue weighted by Gasteiger charge is 2.25. The number of thiazole rings is 1. The second-order valence-corrected chi connectivity index (χ2v) is 8.03. The molecule has 1 aliphatic carbocycles. The molecule has 1 aliphatic rings. The Morgan fingerprint density at radius 1 is 1.27 bits per heavy atom. The molecule has 10 heteroatoms. The van der Waals surface area contributed by atoms with Crippen LogP contribution in [-0.4, -0.2) is 45.4 Å². The molecule has 3 aromatic rings. The third-order valence-corrected chi connectivity index (χ3v) is 5.64. The van der Waals surface area contributed by atoms with Gasteiger partial charge in [0.25, 0.3) is 11.8 Å². The number of anilines is 1. The van der Waals surface area contributed by atoms with E-state index in [0.29, 0.717) is 46.5 Å². The molecule has 2 heterocycles. The largest absolute Gasteiger partial charge is 0.477 e. The van der Waals surface area contributed by atoms with Gasteiger partial charge in [-0.2, -0.15) is 0 Å². The molecule has 1 fully saturated rings. The molecule has 156 valence electrons. The molecule has 0 bridgehead atoms. The first-order valence-corrected chi connectivity index (χ1v) is 10.5. The van der Waals surface area contributed by atoms with Crippen molar-refractivity contribution >= 4 is 45.2 Å². The average molecular weight is 427 g/mol. The van der Waals surface area contributed by atoms with Crippen LogP contribution in [0.3, 0.4) is 0 Å². The number of carbonyl (C=O) groups excluding carboxylic acids is 2. The molecule has 0 atom stereocenters. The number of nitrogens with zero attached hydrogens (tertiary/aromatic N) is 1.